The number of hydrogen-bond acceptors (Lipinski definition) is 4. The van der Waals surface area contributed by atoms with Crippen LogP contribution in [0.3, 0.4) is 0 Å². The Bertz CT molecular complexity index is 718. The summed E-state index contributed by atoms with van der Waals surface area (Å²) in [6, 6.07) is 10.6. The normalized spacial score (nSPS) is 10.6. The number of benzene rings is 2. The zero-order chi connectivity index (χ0) is 17.4. The van der Waals surface area contributed by atoms with Crippen molar-refractivity contribution in [3.8, 4) is 11.5 Å². The monoisotopic (exact) mass is 331 g/mol. The molecule has 0 saturated heterocycles. The maximum Gasteiger partial charge on any atom is 0.332 e. The largest absolute Gasteiger partial charge is 0.490 e. The number of amides is 2. The molecule has 0 atom stereocenters. The third kappa shape index (κ3) is 5.28. The standard InChI is InChI=1S/C17H18FN3O3/c1-2-23-16-9-13(10-20-21-17(19)22)5-8-15(16)24-11-12-3-6-14(18)7-4-12/h3-10H,2,11H2,1H3,(H3,19,21,22). The van der Waals surface area contributed by atoms with Gasteiger partial charge in [-0.2, -0.15) is 5.10 Å². The molecule has 6 nitrogen and oxygen atoms in total. The van der Waals surface area contributed by atoms with Crippen molar-refractivity contribution in [2.75, 3.05) is 6.61 Å². The van der Waals surface area contributed by atoms with Gasteiger partial charge in [0.05, 0.1) is 12.8 Å². The lowest BCUT2D eigenvalue weighted by molar-refractivity contribution is 0.249. The quantitative estimate of drug-likeness (QED) is 0.604. The summed E-state index contributed by atoms with van der Waals surface area (Å²) in [5.41, 5.74) is 8.60. The van der Waals surface area contributed by atoms with E-state index in [1.54, 1.807) is 30.3 Å². The number of nitrogens with zero attached hydrogens (tertiary/aromatic N) is 1. The van der Waals surface area contributed by atoms with Crippen molar-refractivity contribution >= 4 is 12.2 Å². The maximum absolute atomic E-state index is 12.9. The molecule has 3 N–H and O–H groups in total. The van der Waals surface area contributed by atoms with Crippen LogP contribution in [0.2, 0.25) is 0 Å². The van der Waals surface area contributed by atoms with Crippen LogP contribution in [0.25, 0.3) is 0 Å². The molecule has 24 heavy (non-hydrogen) atoms. The average molecular weight is 331 g/mol. The minimum Gasteiger partial charge on any atom is -0.490 e. The van der Waals surface area contributed by atoms with Crippen molar-refractivity contribution in [2.24, 2.45) is 10.8 Å². The Balaban J connectivity index is 2.09. The van der Waals surface area contributed by atoms with Gasteiger partial charge in [0.25, 0.3) is 0 Å². The lowest BCUT2D eigenvalue weighted by Crippen LogP contribution is -2.24. The van der Waals surface area contributed by atoms with E-state index in [4.69, 9.17) is 15.2 Å². The van der Waals surface area contributed by atoms with Crippen molar-refractivity contribution in [3.05, 3.63) is 59.4 Å². The van der Waals surface area contributed by atoms with Gasteiger partial charge in [-0.3, -0.25) is 0 Å². The van der Waals surface area contributed by atoms with Gasteiger partial charge in [0.15, 0.2) is 11.5 Å². The van der Waals surface area contributed by atoms with Crippen LogP contribution in [0.15, 0.2) is 47.6 Å². The van der Waals surface area contributed by atoms with Crippen LogP contribution in [0.4, 0.5) is 9.18 Å². The Hall–Kier alpha value is -3.09. The predicted octanol–water partition coefficient (Wildman–Crippen LogP) is 2.81. The van der Waals surface area contributed by atoms with Crippen molar-refractivity contribution in [1.29, 1.82) is 0 Å². The Labute approximate surface area is 139 Å². The molecule has 126 valence electrons. The SMILES string of the molecule is CCOc1cc(C=NNC(N)=O)ccc1OCc1ccc(F)cc1. The van der Waals surface area contributed by atoms with Crippen LogP contribution < -0.4 is 20.6 Å². The second-order valence-corrected chi connectivity index (χ2v) is 4.79. The van der Waals surface area contributed by atoms with Crippen LogP contribution in [0.5, 0.6) is 11.5 Å². The average Bonchev–Trinajstić information content (AvgIpc) is 2.55. The summed E-state index contributed by atoms with van der Waals surface area (Å²) in [7, 11) is 0. The van der Waals surface area contributed by atoms with Crippen molar-refractivity contribution in [2.45, 2.75) is 13.5 Å². The molecule has 0 saturated carbocycles. The van der Waals surface area contributed by atoms with Crippen LogP contribution in [-0.4, -0.2) is 18.9 Å². The first-order valence-electron chi connectivity index (χ1n) is 7.31. The van der Waals surface area contributed by atoms with Crippen molar-refractivity contribution in [1.82, 2.24) is 5.43 Å². The van der Waals surface area contributed by atoms with Gasteiger partial charge in [-0.25, -0.2) is 14.6 Å². The molecular formula is C17H18FN3O3. The summed E-state index contributed by atoms with van der Waals surface area (Å²) in [5.74, 6) is 0.811. The molecule has 2 aromatic carbocycles. The zero-order valence-electron chi connectivity index (χ0n) is 13.2. The number of rotatable bonds is 7. The van der Waals surface area contributed by atoms with E-state index in [0.29, 0.717) is 23.7 Å². The third-order valence-corrected chi connectivity index (χ3v) is 2.96. The Morgan fingerprint density at radius 2 is 1.96 bits per heavy atom. The van der Waals surface area contributed by atoms with E-state index in [1.165, 1.54) is 18.3 Å². The maximum atomic E-state index is 12.9. The summed E-state index contributed by atoms with van der Waals surface area (Å²) >= 11 is 0. The minimum atomic E-state index is -0.740. The fraction of sp³-hybridized carbons (Fsp3) is 0.176. The zero-order valence-corrected chi connectivity index (χ0v) is 13.2. The number of hydrazone groups is 1. The van der Waals surface area contributed by atoms with Gasteiger partial charge in [0, 0.05) is 0 Å². The van der Waals surface area contributed by atoms with E-state index < -0.39 is 6.03 Å². The fourth-order valence-corrected chi connectivity index (χ4v) is 1.90. The number of carbonyl (C=O) groups is 1. The Kier molecular flexibility index (Phi) is 6.13. The van der Waals surface area contributed by atoms with E-state index in [-0.39, 0.29) is 12.4 Å². The molecule has 7 heteroatoms. The van der Waals surface area contributed by atoms with E-state index in [2.05, 4.69) is 10.5 Å². The number of nitrogens with two attached hydrogens (primary N) is 1. The van der Waals surface area contributed by atoms with Gasteiger partial charge in [-0.1, -0.05) is 12.1 Å². The molecule has 0 aliphatic carbocycles. The van der Waals surface area contributed by atoms with Crippen LogP contribution in [0.1, 0.15) is 18.1 Å². The highest BCUT2D eigenvalue weighted by Crippen LogP contribution is 2.28. The highest BCUT2D eigenvalue weighted by molar-refractivity contribution is 5.82. The first-order valence-corrected chi connectivity index (χ1v) is 7.31. The van der Waals surface area contributed by atoms with Gasteiger partial charge >= 0.3 is 6.03 Å². The fourth-order valence-electron chi connectivity index (χ4n) is 1.90. The van der Waals surface area contributed by atoms with Crippen molar-refractivity contribution in [3.63, 3.8) is 0 Å². The van der Waals surface area contributed by atoms with Gasteiger partial charge in [0.2, 0.25) is 0 Å². The molecule has 0 unspecified atom stereocenters. The Morgan fingerprint density at radius 1 is 1.21 bits per heavy atom. The van der Waals surface area contributed by atoms with Gasteiger partial charge in [-0.15, -0.1) is 0 Å². The van der Waals surface area contributed by atoms with Crippen LogP contribution >= 0.6 is 0 Å². The molecule has 2 amide bonds. The molecular weight excluding hydrogens is 313 g/mol. The first kappa shape index (κ1) is 17.3. The van der Waals surface area contributed by atoms with Crippen molar-refractivity contribution < 1.29 is 18.7 Å². The smallest absolute Gasteiger partial charge is 0.332 e. The number of nitrogens with one attached hydrogen (secondary N) is 1. The number of urea groups is 1. The van der Waals surface area contributed by atoms with E-state index in [9.17, 15) is 9.18 Å². The molecule has 0 aromatic heterocycles. The second-order valence-electron chi connectivity index (χ2n) is 4.79. The lowest BCUT2D eigenvalue weighted by Gasteiger charge is -2.12. The third-order valence-electron chi connectivity index (χ3n) is 2.96. The summed E-state index contributed by atoms with van der Waals surface area (Å²) in [6.45, 7) is 2.61. The molecule has 0 aliphatic rings. The molecule has 0 heterocycles. The minimum absolute atomic E-state index is 0.289. The van der Waals surface area contributed by atoms with E-state index in [1.807, 2.05) is 6.92 Å². The van der Waals surface area contributed by atoms with E-state index >= 15 is 0 Å². The number of hydrogen-bond donors (Lipinski definition) is 2. The molecule has 2 rings (SSSR count). The summed E-state index contributed by atoms with van der Waals surface area (Å²) < 4.78 is 24.2. The summed E-state index contributed by atoms with van der Waals surface area (Å²) in [5, 5.41) is 3.69. The lowest BCUT2D eigenvalue weighted by atomic mass is 10.2. The Morgan fingerprint density at radius 3 is 2.62 bits per heavy atom. The predicted molar refractivity (Wildman–Crippen MR) is 88.7 cm³/mol. The van der Waals surface area contributed by atoms with Crippen LogP contribution in [-0.2, 0) is 6.61 Å². The number of halogens is 1. The number of carbonyl (C=O) groups excluding carboxylic acids is 1. The molecule has 2 aromatic rings. The highest BCUT2D eigenvalue weighted by atomic mass is 19.1. The highest BCUT2D eigenvalue weighted by Gasteiger charge is 2.06. The molecule has 0 spiro atoms. The van der Waals surface area contributed by atoms with Gasteiger partial charge in [-0.05, 0) is 48.4 Å². The molecule has 0 bridgehead atoms. The van der Waals surface area contributed by atoms with Crippen LogP contribution in [0, 0.1) is 5.82 Å². The molecule has 0 fully saturated rings. The van der Waals surface area contributed by atoms with Gasteiger partial charge in [0.1, 0.15) is 12.4 Å². The topological polar surface area (TPSA) is 85.9 Å². The molecule has 0 aliphatic heterocycles. The summed E-state index contributed by atoms with van der Waals surface area (Å²) in [6.07, 6.45) is 1.44. The summed E-state index contributed by atoms with van der Waals surface area (Å²) in [4.78, 5) is 10.6. The second kappa shape index (κ2) is 8.52. The van der Waals surface area contributed by atoms with E-state index in [0.717, 1.165) is 5.56 Å². The number of ether oxygens (including phenoxy) is 2. The molecule has 0 radical (unpaired) electrons. The first-order chi connectivity index (χ1) is 11.6. The van der Waals surface area contributed by atoms with Gasteiger partial charge < -0.3 is 15.2 Å². The number of primary amides is 1.